The van der Waals surface area contributed by atoms with Crippen LogP contribution < -0.4 is 0 Å². The van der Waals surface area contributed by atoms with Crippen molar-refractivity contribution in [1.82, 2.24) is 14.4 Å². The number of rotatable bonds is 8. The maximum atomic E-state index is 12.9. The first-order valence-electron chi connectivity index (χ1n) is 8.62. The third-order valence-electron chi connectivity index (χ3n) is 4.24. The van der Waals surface area contributed by atoms with Gasteiger partial charge in [-0.15, -0.1) is 0 Å². The maximum absolute atomic E-state index is 12.9. The zero-order valence-corrected chi connectivity index (χ0v) is 15.4. The zero-order valence-electron chi connectivity index (χ0n) is 15.4. The summed E-state index contributed by atoms with van der Waals surface area (Å²) in [6.07, 6.45) is 3.94. The van der Waals surface area contributed by atoms with Crippen molar-refractivity contribution >= 4 is 11.8 Å². The van der Waals surface area contributed by atoms with Gasteiger partial charge in [-0.3, -0.25) is 9.59 Å². The minimum Gasteiger partial charge on any atom is -0.467 e. The molecule has 25 heavy (non-hydrogen) atoms. The molecule has 0 aromatic carbocycles. The molecule has 0 bridgehead atoms. The Labute approximate surface area is 149 Å². The summed E-state index contributed by atoms with van der Waals surface area (Å²) in [6.45, 7) is 6.59. The van der Waals surface area contributed by atoms with Gasteiger partial charge < -0.3 is 18.8 Å². The predicted octanol–water partition coefficient (Wildman–Crippen LogP) is 2.79. The lowest BCUT2D eigenvalue weighted by molar-refractivity contribution is -0.142. The maximum Gasteiger partial charge on any atom is 0.242 e. The SMILES string of the molecule is CCC(=O)N(CC(=O)N(Cc1ccco1)Cc1cccn1C)C(C)C. The van der Waals surface area contributed by atoms with Gasteiger partial charge in [0.1, 0.15) is 12.3 Å². The summed E-state index contributed by atoms with van der Waals surface area (Å²) < 4.78 is 7.39. The van der Waals surface area contributed by atoms with E-state index in [1.807, 2.05) is 62.8 Å². The molecule has 0 spiro atoms. The smallest absolute Gasteiger partial charge is 0.242 e. The van der Waals surface area contributed by atoms with Crippen LogP contribution in [0.25, 0.3) is 0 Å². The average Bonchev–Trinajstić information content (AvgIpc) is 3.23. The van der Waals surface area contributed by atoms with Crippen molar-refractivity contribution in [3.05, 3.63) is 48.2 Å². The fraction of sp³-hybridized carbons (Fsp3) is 0.474. The fourth-order valence-electron chi connectivity index (χ4n) is 2.69. The second-order valence-corrected chi connectivity index (χ2v) is 6.41. The molecule has 0 fully saturated rings. The molecule has 0 saturated carbocycles. The van der Waals surface area contributed by atoms with Crippen LogP contribution in [0.4, 0.5) is 0 Å². The number of carbonyl (C=O) groups excluding carboxylic acids is 2. The van der Waals surface area contributed by atoms with E-state index in [4.69, 9.17) is 4.42 Å². The number of hydrogen-bond acceptors (Lipinski definition) is 3. The van der Waals surface area contributed by atoms with E-state index in [9.17, 15) is 9.59 Å². The summed E-state index contributed by atoms with van der Waals surface area (Å²) in [7, 11) is 1.95. The molecule has 0 saturated heterocycles. The molecule has 0 aliphatic rings. The number of aromatic nitrogens is 1. The Morgan fingerprint density at radius 1 is 1.16 bits per heavy atom. The molecular weight excluding hydrogens is 318 g/mol. The Kier molecular flexibility index (Phi) is 6.44. The molecule has 0 unspecified atom stereocenters. The van der Waals surface area contributed by atoms with E-state index in [1.165, 1.54) is 0 Å². The van der Waals surface area contributed by atoms with Crippen LogP contribution >= 0.6 is 0 Å². The van der Waals surface area contributed by atoms with E-state index >= 15 is 0 Å². The number of amides is 2. The Morgan fingerprint density at radius 3 is 2.44 bits per heavy atom. The van der Waals surface area contributed by atoms with Crippen molar-refractivity contribution in [1.29, 1.82) is 0 Å². The topological polar surface area (TPSA) is 58.7 Å². The second kappa shape index (κ2) is 8.55. The monoisotopic (exact) mass is 345 g/mol. The number of nitrogens with zero attached hydrogens (tertiary/aromatic N) is 3. The van der Waals surface area contributed by atoms with Crippen LogP contribution in [0.1, 0.15) is 38.6 Å². The van der Waals surface area contributed by atoms with Gasteiger partial charge in [0.2, 0.25) is 11.8 Å². The molecule has 6 heteroatoms. The Hall–Kier alpha value is -2.50. The molecule has 0 aliphatic heterocycles. The van der Waals surface area contributed by atoms with Crippen LogP contribution in [0, 0.1) is 0 Å². The molecule has 2 aromatic rings. The van der Waals surface area contributed by atoms with Crippen molar-refractivity contribution < 1.29 is 14.0 Å². The van der Waals surface area contributed by atoms with Crippen LogP contribution in [0.15, 0.2) is 41.1 Å². The highest BCUT2D eigenvalue weighted by atomic mass is 16.3. The molecule has 0 aliphatic carbocycles. The summed E-state index contributed by atoms with van der Waals surface area (Å²) in [5, 5.41) is 0. The van der Waals surface area contributed by atoms with E-state index in [1.54, 1.807) is 16.1 Å². The molecule has 0 atom stereocenters. The van der Waals surface area contributed by atoms with Gasteiger partial charge in [-0.2, -0.15) is 0 Å². The van der Waals surface area contributed by atoms with Crippen LogP contribution in [-0.2, 0) is 29.7 Å². The first-order valence-corrected chi connectivity index (χ1v) is 8.62. The van der Waals surface area contributed by atoms with Gasteiger partial charge in [0.25, 0.3) is 0 Å². The molecular formula is C19H27N3O3. The second-order valence-electron chi connectivity index (χ2n) is 6.41. The van der Waals surface area contributed by atoms with Gasteiger partial charge in [0, 0.05) is 31.4 Å². The Bertz CT molecular complexity index is 689. The molecule has 2 amide bonds. The number of aryl methyl sites for hydroxylation is 1. The highest BCUT2D eigenvalue weighted by Crippen LogP contribution is 2.13. The molecule has 0 radical (unpaired) electrons. The lowest BCUT2D eigenvalue weighted by Gasteiger charge is -2.29. The number of carbonyl (C=O) groups is 2. The summed E-state index contributed by atoms with van der Waals surface area (Å²) in [5.74, 6) is 0.619. The molecule has 2 rings (SSSR count). The first-order chi connectivity index (χ1) is 11.9. The van der Waals surface area contributed by atoms with E-state index in [0.717, 1.165) is 11.5 Å². The predicted molar refractivity (Wildman–Crippen MR) is 95.5 cm³/mol. The minimum atomic E-state index is -0.0897. The third kappa shape index (κ3) is 4.98. The lowest BCUT2D eigenvalue weighted by Crippen LogP contribution is -2.45. The van der Waals surface area contributed by atoms with Crippen molar-refractivity contribution in [2.24, 2.45) is 7.05 Å². The van der Waals surface area contributed by atoms with Crippen LogP contribution in [-0.4, -0.2) is 38.8 Å². The van der Waals surface area contributed by atoms with Crippen molar-refractivity contribution in [2.45, 2.75) is 46.3 Å². The summed E-state index contributed by atoms with van der Waals surface area (Å²) in [6, 6.07) is 7.58. The highest BCUT2D eigenvalue weighted by Gasteiger charge is 2.23. The number of furan rings is 1. The number of hydrogen-bond donors (Lipinski definition) is 0. The van der Waals surface area contributed by atoms with Gasteiger partial charge in [-0.05, 0) is 38.1 Å². The van der Waals surface area contributed by atoms with Gasteiger partial charge >= 0.3 is 0 Å². The van der Waals surface area contributed by atoms with Gasteiger partial charge in [0.05, 0.1) is 19.4 Å². The molecule has 136 valence electrons. The fourth-order valence-corrected chi connectivity index (χ4v) is 2.69. The largest absolute Gasteiger partial charge is 0.467 e. The van der Waals surface area contributed by atoms with Gasteiger partial charge in [-0.1, -0.05) is 6.92 Å². The van der Waals surface area contributed by atoms with Crippen LogP contribution in [0.2, 0.25) is 0 Å². The van der Waals surface area contributed by atoms with Crippen LogP contribution in [0.5, 0.6) is 0 Å². The quantitative estimate of drug-likeness (QED) is 0.739. The van der Waals surface area contributed by atoms with E-state index in [0.29, 0.717) is 19.5 Å². The Morgan fingerprint density at radius 2 is 1.92 bits per heavy atom. The van der Waals surface area contributed by atoms with Crippen molar-refractivity contribution in [3.8, 4) is 0 Å². The highest BCUT2D eigenvalue weighted by molar-refractivity contribution is 5.84. The van der Waals surface area contributed by atoms with E-state index in [-0.39, 0.29) is 24.4 Å². The third-order valence-corrected chi connectivity index (χ3v) is 4.24. The molecule has 6 nitrogen and oxygen atoms in total. The average molecular weight is 345 g/mol. The molecule has 2 aromatic heterocycles. The van der Waals surface area contributed by atoms with Crippen molar-refractivity contribution in [3.63, 3.8) is 0 Å². The Balaban J connectivity index is 2.16. The van der Waals surface area contributed by atoms with Gasteiger partial charge in [-0.25, -0.2) is 0 Å². The summed E-state index contributed by atoms with van der Waals surface area (Å²) >= 11 is 0. The van der Waals surface area contributed by atoms with E-state index in [2.05, 4.69) is 0 Å². The molecule has 2 heterocycles. The van der Waals surface area contributed by atoms with Crippen molar-refractivity contribution in [2.75, 3.05) is 6.54 Å². The summed E-state index contributed by atoms with van der Waals surface area (Å²) in [5.41, 5.74) is 1.03. The summed E-state index contributed by atoms with van der Waals surface area (Å²) in [4.78, 5) is 28.4. The van der Waals surface area contributed by atoms with E-state index < -0.39 is 0 Å². The lowest BCUT2D eigenvalue weighted by atomic mass is 10.2. The standard InChI is InChI=1S/C19H27N3O3/c1-5-18(23)22(15(2)3)14-19(24)21(13-17-9-7-11-25-17)12-16-8-6-10-20(16)4/h6-11,15H,5,12-14H2,1-4H3. The van der Waals surface area contributed by atoms with Crippen LogP contribution in [0.3, 0.4) is 0 Å². The first kappa shape index (κ1) is 18.8. The molecule has 0 N–H and O–H groups in total. The van der Waals surface area contributed by atoms with Gasteiger partial charge in [0.15, 0.2) is 0 Å². The zero-order chi connectivity index (χ0) is 18.4. The minimum absolute atomic E-state index is 0.0137. The normalized spacial score (nSPS) is 10.9.